The Morgan fingerprint density at radius 3 is 2.48 bits per heavy atom. The van der Waals surface area contributed by atoms with Gasteiger partial charge in [0.25, 0.3) is 5.91 Å². The van der Waals surface area contributed by atoms with Crippen LogP contribution in [0.4, 0.5) is 5.69 Å². The van der Waals surface area contributed by atoms with Gasteiger partial charge in [0.1, 0.15) is 0 Å². The first-order valence-electron chi connectivity index (χ1n) is 9.46. The molecule has 2 amide bonds. The van der Waals surface area contributed by atoms with Crippen LogP contribution in [0.15, 0.2) is 60.8 Å². The Morgan fingerprint density at radius 2 is 1.87 bits per heavy atom. The van der Waals surface area contributed by atoms with Gasteiger partial charge in [0.15, 0.2) is 0 Å². The average molecular weight is 458 g/mol. The van der Waals surface area contributed by atoms with E-state index in [9.17, 15) is 9.59 Å². The van der Waals surface area contributed by atoms with Crippen molar-refractivity contribution in [3.63, 3.8) is 0 Å². The number of carbonyl (C=O) groups excluding carboxylic acids is 2. The van der Waals surface area contributed by atoms with Gasteiger partial charge in [0.2, 0.25) is 5.91 Å². The maximum absolute atomic E-state index is 13.5. The Labute approximate surface area is 190 Å². The van der Waals surface area contributed by atoms with Gasteiger partial charge in [-0.05, 0) is 55.5 Å². The maximum atomic E-state index is 13.5. The summed E-state index contributed by atoms with van der Waals surface area (Å²) < 4.78 is 5.29. The molecule has 1 unspecified atom stereocenters. The van der Waals surface area contributed by atoms with E-state index in [1.807, 2.05) is 25.1 Å². The number of rotatable bonds is 7. The quantitative estimate of drug-likeness (QED) is 0.549. The van der Waals surface area contributed by atoms with Crippen LogP contribution in [0.2, 0.25) is 10.0 Å². The number of hydrogen-bond acceptors (Lipinski definition) is 4. The summed E-state index contributed by atoms with van der Waals surface area (Å²) in [6.07, 6.45) is 1.68. The van der Waals surface area contributed by atoms with Crippen molar-refractivity contribution in [1.82, 2.24) is 4.98 Å². The Kier molecular flexibility index (Phi) is 7.28. The molecule has 6 nitrogen and oxygen atoms in total. The molecule has 0 bridgehead atoms. The molecule has 2 aromatic carbocycles. The molecule has 0 aliphatic carbocycles. The lowest BCUT2D eigenvalue weighted by Gasteiger charge is -2.30. The van der Waals surface area contributed by atoms with Crippen LogP contribution in [0.1, 0.15) is 27.6 Å². The Bertz CT molecular complexity index is 1110. The monoisotopic (exact) mass is 457 g/mol. The lowest BCUT2D eigenvalue weighted by atomic mass is 10.1. The van der Waals surface area contributed by atoms with Crippen LogP contribution in [0, 0.1) is 0 Å². The molecule has 0 fully saturated rings. The lowest BCUT2D eigenvalue weighted by Crippen LogP contribution is -2.41. The number of pyridine rings is 1. The van der Waals surface area contributed by atoms with Crippen LogP contribution in [-0.2, 0) is 4.74 Å². The molecular weight excluding hydrogens is 437 g/mol. The van der Waals surface area contributed by atoms with E-state index in [0.29, 0.717) is 28.6 Å². The second-order valence-corrected chi connectivity index (χ2v) is 7.73. The van der Waals surface area contributed by atoms with Gasteiger partial charge in [-0.1, -0.05) is 29.3 Å². The van der Waals surface area contributed by atoms with Crippen molar-refractivity contribution >= 4 is 40.7 Å². The normalized spacial score (nSPS) is 11.7. The molecule has 31 heavy (non-hydrogen) atoms. The fourth-order valence-corrected chi connectivity index (χ4v) is 3.72. The molecule has 1 aromatic heterocycles. The van der Waals surface area contributed by atoms with Gasteiger partial charge < -0.3 is 15.4 Å². The number of carbonyl (C=O) groups is 2. The smallest absolute Gasteiger partial charge is 0.260 e. The fraction of sp³-hybridized carbons (Fsp3) is 0.174. The van der Waals surface area contributed by atoms with Gasteiger partial charge in [-0.3, -0.25) is 14.6 Å². The van der Waals surface area contributed by atoms with Crippen molar-refractivity contribution in [3.8, 4) is 11.3 Å². The second kappa shape index (κ2) is 9.92. The van der Waals surface area contributed by atoms with E-state index >= 15 is 0 Å². The van der Waals surface area contributed by atoms with Crippen LogP contribution in [-0.4, -0.2) is 36.6 Å². The topological polar surface area (TPSA) is 85.5 Å². The SMILES string of the molecule is COCC(C)N(C(=O)c1ccc(C(N)=O)cc1Cl)c1ccc(Cl)c(-c2ccccn2)c1. The first-order valence-corrected chi connectivity index (χ1v) is 10.2. The number of amides is 2. The van der Waals surface area contributed by atoms with Crippen molar-refractivity contribution in [2.24, 2.45) is 5.73 Å². The zero-order valence-electron chi connectivity index (χ0n) is 17.0. The zero-order chi connectivity index (χ0) is 22.5. The summed E-state index contributed by atoms with van der Waals surface area (Å²) in [5.74, 6) is -0.969. The zero-order valence-corrected chi connectivity index (χ0v) is 18.5. The van der Waals surface area contributed by atoms with Crippen molar-refractivity contribution < 1.29 is 14.3 Å². The minimum atomic E-state index is -0.622. The molecule has 1 atom stereocenters. The van der Waals surface area contributed by atoms with Crippen molar-refractivity contribution in [2.75, 3.05) is 18.6 Å². The number of hydrogen-bond donors (Lipinski definition) is 1. The van der Waals surface area contributed by atoms with Gasteiger partial charge in [-0.2, -0.15) is 0 Å². The molecule has 0 aliphatic rings. The molecule has 0 spiro atoms. The highest BCUT2D eigenvalue weighted by Crippen LogP contribution is 2.33. The average Bonchev–Trinajstić information content (AvgIpc) is 2.75. The molecule has 0 saturated carbocycles. The molecule has 0 saturated heterocycles. The number of primary amides is 1. The van der Waals surface area contributed by atoms with Crippen LogP contribution < -0.4 is 10.6 Å². The number of ether oxygens (including phenoxy) is 1. The molecule has 3 aromatic rings. The Balaban J connectivity index is 2.08. The molecule has 3 rings (SSSR count). The van der Waals surface area contributed by atoms with Crippen molar-refractivity contribution in [2.45, 2.75) is 13.0 Å². The minimum absolute atomic E-state index is 0.134. The summed E-state index contributed by atoms with van der Waals surface area (Å²) >= 11 is 12.7. The first kappa shape index (κ1) is 22.7. The third kappa shape index (κ3) is 5.05. The Hall–Kier alpha value is -2.93. The van der Waals surface area contributed by atoms with Crippen LogP contribution in [0.5, 0.6) is 0 Å². The molecule has 8 heteroatoms. The predicted molar refractivity (Wildman–Crippen MR) is 123 cm³/mol. The third-order valence-electron chi connectivity index (χ3n) is 4.72. The van der Waals surface area contributed by atoms with Gasteiger partial charge in [-0.25, -0.2) is 0 Å². The van der Waals surface area contributed by atoms with Gasteiger partial charge in [0.05, 0.1) is 34.0 Å². The standard InChI is InChI=1S/C23H21Cl2N3O3/c1-14(13-31-2)28(23(30)17-8-6-15(22(26)29)11-20(17)25)16-7-9-19(24)18(12-16)21-5-3-4-10-27-21/h3-12,14H,13H2,1-2H3,(H2,26,29). The highest BCUT2D eigenvalue weighted by molar-refractivity contribution is 6.35. The highest BCUT2D eigenvalue weighted by atomic mass is 35.5. The van der Waals surface area contributed by atoms with E-state index in [1.165, 1.54) is 18.2 Å². The molecule has 1 heterocycles. The van der Waals surface area contributed by atoms with Crippen LogP contribution in [0.3, 0.4) is 0 Å². The maximum Gasteiger partial charge on any atom is 0.260 e. The number of aromatic nitrogens is 1. The predicted octanol–water partition coefficient (Wildman–Crippen LogP) is 4.84. The van der Waals surface area contributed by atoms with Crippen molar-refractivity contribution in [1.29, 1.82) is 0 Å². The summed E-state index contributed by atoms with van der Waals surface area (Å²) in [4.78, 5) is 30.9. The summed E-state index contributed by atoms with van der Waals surface area (Å²) in [6.45, 7) is 2.16. The van der Waals surface area contributed by atoms with E-state index in [4.69, 9.17) is 33.7 Å². The number of anilines is 1. The van der Waals surface area contributed by atoms with Crippen LogP contribution >= 0.6 is 23.2 Å². The van der Waals surface area contributed by atoms with Gasteiger partial charge >= 0.3 is 0 Å². The largest absolute Gasteiger partial charge is 0.383 e. The summed E-state index contributed by atoms with van der Waals surface area (Å²) in [6, 6.07) is 14.8. The molecule has 0 aliphatic heterocycles. The summed E-state index contributed by atoms with van der Waals surface area (Å²) in [7, 11) is 1.56. The van der Waals surface area contributed by atoms with E-state index in [2.05, 4.69) is 4.98 Å². The van der Waals surface area contributed by atoms with Gasteiger partial charge in [0, 0.05) is 30.1 Å². The number of nitrogens with two attached hydrogens (primary N) is 1. The first-order chi connectivity index (χ1) is 14.8. The molecule has 160 valence electrons. The summed E-state index contributed by atoms with van der Waals surface area (Å²) in [5.41, 5.74) is 7.75. The molecular formula is C23H21Cl2N3O3. The van der Waals surface area contributed by atoms with E-state index < -0.39 is 5.91 Å². The Morgan fingerprint density at radius 1 is 1.10 bits per heavy atom. The third-order valence-corrected chi connectivity index (χ3v) is 5.36. The lowest BCUT2D eigenvalue weighted by molar-refractivity contribution is 0.0953. The van der Waals surface area contributed by atoms with E-state index in [-0.39, 0.29) is 28.1 Å². The fourth-order valence-electron chi connectivity index (χ4n) is 3.24. The van der Waals surface area contributed by atoms with Crippen molar-refractivity contribution in [3.05, 3.63) is 82.0 Å². The van der Waals surface area contributed by atoms with Gasteiger partial charge in [-0.15, -0.1) is 0 Å². The molecule has 2 N–H and O–H groups in total. The van der Waals surface area contributed by atoms with Crippen LogP contribution in [0.25, 0.3) is 11.3 Å². The molecule has 0 radical (unpaired) electrons. The van der Waals surface area contributed by atoms with E-state index in [0.717, 1.165) is 0 Å². The minimum Gasteiger partial charge on any atom is -0.383 e. The number of nitrogens with zero attached hydrogens (tertiary/aromatic N) is 2. The highest BCUT2D eigenvalue weighted by Gasteiger charge is 2.26. The number of methoxy groups -OCH3 is 1. The second-order valence-electron chi connectivity index (χ2n) is 6.92. The summed E-state index contributed by atoms with van der Waals surface area (Å²) in [5, 5.41) is 0.646. The van der Waals surface area contributed by atoms with E-state index in [1.54, 1.807) is 36.4 Å². The number of benzene rings is 2. The number of halogens is 2.